The van der Waals surface area contributed by atoms with Gasteiger partial charge in [0.25, 0.3) is 5.91 Å². The Morgan fingerprint density at radius 1 is 1.56 bits per heavy atom. The first-order valence-electron chi connectivity index (χ1n) is 5.00. The summed E-state index contributed by atoms with van der Waals surface area (Å²) in [5, 5.41) is 3.17. The molecule has 2 nitrogen and oxygen atoms in total. The van der Waals surface area contributed by atoms with Gasteiger partial charge in [0.1, 0.15) is 5.82 Å². The maximum Gasteiger partial charge on any atom is 0.254 e. The van der Waals surface area contributed by atoms with Gasteiger partial charge in [-0.3, -0.25) is 4.79 Å². The van der Waals surface area contributed by atoms with Crippen LogP contribution in [0.2, 0.25) is 5.02 Å². The molecule has 1 heterocycles. The third kappa shape index (κ3) is 2.68. The second-order valence-corrected chi connectivity index (χ2v) is 5.24. The van der Waals surface area contributed by atoms with Crippen molar-refractivity contribution in [3.8, 4) is 0 Å². The Labute approximate surface area is 103 Å². The van der Waals surface area contributed by atoms with Crippen LogP contribution >= 0.6 is 23.4 Å². The van der Waals surface area contributed by atoms with Gasteiger partial charge in [0, 0.05) is 16.8 Å². The lowest BCUT2D eigenvalue weighted by Crippen LogP contribution is -2.35. The lowest BCUT2D eigenvalue weighted by atomic mass is 10.1. The van der Waals surface area contributed by atoms with E-state index in [-0.39, 0.29) is 17.5 Å². The van der Waals surface area contributed by atoms with Crippen molar-refractivity contribution in [2.24, 2.45) is 0 Å². The van der Waals surface area contributed by atoms with Gasteiger partial charge in [-0.25, -0.2) is 4.39 Å². The fourth-order valence-electron chi connectivity index (χ4n) is 1.58. The minimum absolute atomic E-state index is 0.0180. The van der Waals surface area contributed by atoms with Crippen molar-refractivity contribution in [3.63, 3.8) is 0 Å². The summed E-state index contributed by atoms with van der Waals surface area (Å²) in [6.45, 7) is 0. The highest BCUT2D eigenvalue weighted by atomic mass is 35.5. The number of hydrogen-bond acceptors (Lipinski definition) is 2. The summed E-state index contributed by atoms with van der Waals surface area (Å²) in [6.07, 6.45) is 0.943. The van der Waals surface area contributed by atoms with Crippen molar-refractivity contribution in [1.29, 1.82) is 0 Å². The fourth-order valence-corrected chi connectivity index (χ4v) is 2.91. The summed E-state index contributed by atoms with van der Waals surface area (Å²) in [6, 6.07) is 4.14. The standard InChI is InChI=1S/C11H11ClFNOS/c12-7-1-2-10(13)9(5-7)11(15)14-8-3-4-16-6-8/h1-2,5,8H,3-4,6H2,(H,14,15). The largest absolute Gasteiger partial charge is 0.348 e. The van der Waals surface area contributed by atoms with Crippen molar-refractivity contribution in [2.45, 2.75) is 12.5 Å². The number of carbonyl (C=O) groups is 1. The van der Waals surface area contributed by atoms with Gasteiger partial charge < -0.3 is 5.32 Å². The molecule has 1 aromatic rings. The monoisotopic (exact) mass is 259 g/mol. The molecule has 1 aliphatic heterocycles. The van der Waals surface area contributed by atoms with Gasteiger partial charge in [0.2, 0.25) is 0 Å². The fraction of sp³-hybridized carbons (Fsp3) is 0.364. The lowest BCUT2D eigenvalue weighted by Gasteiger charge is -2.11. The number of carbonyl (C=O) groups excluding carboxylic acids is 1. The van der Waals surface area contributed by atoms with E-state index in [1.54, 1.807) is 11.8 Å². The normalized spacial score (nSPS) is 19.8. The first-order valence-corrected chi connectivity index (χ1v) is 6.54. The highest BCUT2D eigenvalue weighted by Crippen LogP contribution is 2.19. The van der Waals surface area contributed by atoms with Crippen molar-refractivity contribution in [2.75, 3.05) is 11.5 Å². The third-order valence-corrected chi connectivity index (χ3v) is 3.84. The molecule has 0 aromatic heterocycles. The zero-order valence-electron chi connectivity index (χ0n) is 8.50. The minimum atomic E-state index is -0.535. The quantitative estimate of drug-likeness (QED) is 0.885. The van der Waals surface area contributed by atoms with E-state index < -0.39 is 5.82 Å². The van der Waals surface area contributed by atoms with Crippen molar-refractivity contribution >= 4 is 29.3 Å². The first kappa shape index (κ1) is 11.7. The number of halogens is 2. The second kappa shape index (κ2) is 5.06. The second-order valence-electron chi connectivity index (χ2n) is 3.66. The smallest absolute Gasteiger partial charge is 0.254 e. The van der Waals surface area contributed by atoms with Gasteiger partial charge in [-0.15, -0.1) is 0 Å². The van der Waals surface area contributed by atoms with Crippen LogP contribution in [0.1, 0.15) is 16.8 Å². The van der Waals surface area contributed by atoms with Gasteiger partial charge in [-0.2, -0.15) is 11.8 Å². The third-order valence-electron chi connectivity index (χ3n) is 2.44. The molecule has 0 saturated carbocycles. The molecule has 1 saturated heterocycles. The molecule has 1 aromatic carbocycles. The van der Waals surface area contributed by atoms with Crippen LogP contribution in [0.4, 0.5) is 4.39 Å². The Morgan fingerprint density at radius 2 is 2.38 bits per heavy atom. The molecular weight excluding hydrogens is 249 g/mol. The van der Waals surface area contributed by atoms with Crippen LogP contribution in [0.3, 0.4) is 0 Å². The van der Waals surface area contributed by atoms with Gasteiger partial charge in [0.15, 0.2) is 0 Å². The molecule has 5 heteroatoms. The van der Waals surface area contributed by atoms with E-state index in [4.69, 9.17) is 11.6 Å². The predicted molar refractivity (Wildman–Crippen MR) is 64.6 cm³/mol. The maximum absolute atomic E-state index is 13.4. The van der Waals surface area contributed by atoms with E-state index in [0.717, 1.165) is 17.9 Å². The minimum Gasteiger partial charge on any atom is -0.348 e. The Hall–Kier alpha value is -0.740. The van der Waals surface area contributed by atoms with Gasteiger partial charge in [-0.1, -0.05) is 11.6 Å². The van der Waals surface area contributed by atoms with Crippen LogP contribution in [0.5, 0.6) is 0 Å². The highest BCUT2D eigenvalue weighted by molar-refractivity contribution is 7.99. The molecule has 1 unspecified atom stereocenters. The predicted octanol–water partition coefficient (Wildman–Crippen LogP) is 2.71. The molecule has 1 atom stereocenters. The zero-order chi connectivity index (χ0) is 11.5. The topological polar surface area (TPSA) is 29.1 Å². The van der Waals surface area contributed by atoms with E-state index in [2.05, 4.69) is 5.32 Å². The van der Waals surface area contributed by atoms with E-state index in [1.165, 1.54) is 18.2 Å². The molecule has 0 radical (unpaired) electrons. The summed E-state index contributed by atoms with van der Waals surface area (Å²) in [4.78, 5) is 11.8. The number of amides is 1. The Bertz CT molecular complexity index is 407. The molecule has 1 amide bonds. The Balaban J connectivity index is 2.10. The summed E-state index contributed by atoms with van der Waals surface area (Å²) < 4.78 is 13.4. The van der Waals surface area contributed by atoms with E-state index in [1.807, 2.05) is 0 Å². The summed E-state index contributed by atoms with van der Waals surface area (Å²) >= 11 is 7.52. The average Bonchev–Trinajstić information content (AvgIpc) is 2.74. The lowest BCUT2D eigenvalue weighted by molar-refractivity contribution is 0.0937. The number of rotatable bonds is 2. The molecule has 1 fully saturated rings. The molecule has 16 heavy (non-hydrogen) atoms. The van der Waals surface area contributed by atoms with Crippen molar-refractivity contribution < 1.29 is 9.18 Å². The first-order chi connectivity index (χ1) is 7.66. The number of benzene rings is 1. The van der Waals surface area contributed by atoms with Crippen LogP contribution in [-0.2, 0) is 0 Å². The molecule has 1 aliphatic rings. The zero-order valence-corrected chi connectivity index (χ0v) is 10.1. The molecule has 0 aliphatic carbocycles. The van der Waals surface area contributed by atoms with Crippen LogP contribution in [-0.4, -0.2) is 23.5 Å². The van der Waals surface area contributed by atoms with Gasteiger partial charge in [-0.05, 0) is 30.4 Å². The highest BCUT2D eigenvalue weighted by Gasteiger charge is 2.20. The van der Waals surface area contributed by atoms with Gasteiger partial charge >= 0.3 is 0 Å². The summed E-state index contributed by atoms with van der Waals surface area (Å²) in [7, 11) is 0. The van der Waals surface area contributed by atoms with Gasteiger partial charge in [0.05, 0.1) is 5.56 Å². The van der Waals surface area contributed by atoms with E-state index in [0.29, 0.717) is 5.02 Å². The molecule has 0 bridgehead atoms. The Morgan fingerprint density at radius 3 is 3.06 bits per heavy atom. The van der Waals surface area contributed by atoms with Crippen molar-refractivity contribution in [3.05, 3.63) is 34.6 Å². The van der Waals surface area contributed by atoms with E-state index in [9.17, 15) is 9.18 Å². The van der Waals surface area contributed by atoms with Crippen molar-refractivity contribution in [1.82, 2.24) is 5.32 Å². The average molecular weight is 260 g/mol. The maximum atomic E-state index is 13.4. The Kier molecular flexibility index (Phi) is 3.71. The van der Waals surface area contributed by atoms with Crippen LogP contribution in [0.25, 0.3) is 0 Å². The molecule has 1 N–H and O–H groups in total. The summed E-state index contributed by atoms with van der Waals surface area (Å²) in [5.41, 5.74) is 0.0180. The van der Waals surface area contributed by atoms with Crippen LogP contribution in [0, 0.1) is 5.82 Å². The number of thioether (sulfide) groups is 1. The molecule has 86 valence electrons. The number of hydrogen-bond donors (Lipinski definition) is 1. The number of nitrogens with one attached hydrogen (secondary N) is 1. The van der Waals surface area contributed by atoms with Crippen LogP contribution in [0.15, 0.2) is 18.2 Å². The summed E-state index contributed by atoms with van der Waals surface area (Å²) in [5.74, 6) is 1.02. The molecule has 0 spiro atoms. The molecular formula is C11H11ClFNOS. The van der Waals surface area contributed by atoms with E-state index >= 15 is 0 Å². The van der Waals surface area contributed by atoms with Crippen LogP contribution < -0.4 is 5.32 Å². The SMILES string of the molecule is O=C(NC1CCSC1)c1cc(Cl)ccc1F. The molecule has 2 rings (SSSR count).